The van der Waals surface area contributed by atoms with Crippen molar-refractivity contribution in [2.45, 2.75) is 31.1 Å². The number of hydrogen-bond acceptors (Lipinski definition) is 7. The summed E-state index contributed by atoms with van der Waals surface area (Å²) in [6, 6.07) is -0.0896. The molecular formula is C10H17N4O5-. The number of hydrazine groups is 1. The van der Waals surface area contributed by atoms with E-state index in [1.807, 2.05) is 0 Å². The Kier molecular flexibility index (Phi) is 2.93. The normalized spacial score (nSPS) is 40.7. The third-order valence-corrected chi connectivity index (χ3v) is 3.99. The van der Waals surface area contributed by atoms with Gasteiger partial charge in [0.25, 0.3) is 0 Å². The number of nitrogens with one attached hydrogen (secondary N) is 2. The molecule has 5 unspecified atom stereocenters. The van der Waals surface area contributed by atoms with Gasteiger partial charge in [0, 0.05) is 17.9 Å². The van der Waals surface area contributed by atoms with Crippen molar-refractivity contribution < 1.29 is 19.1 Å². The van der Waals surface area contributed by atoms with E-state index in [9.17, 15) is 15.2 Å². The smallest absolute Gasteiger partial charge is 0.425 e. The fourth-order valence-corrected chi connectivity index (χ4v) is 3.30. The van der Waals surface area contributed by atoms with E-state index in [-0.39, 0.29) is 24.0 Å². The zero-order chi connectivity index (χ0) is 13.8. The number of hydroxylamine groups is 4. The van der Waals surface area contributed by atoms with Crippen LogP contribution < -0.4 is 11.0 Å². The highest BCUT2D eigenvalue weighted by Gasteiger charge is 2.60. The third kappa shape index (κ3) is 2.29. The van der Waals surface area contributed by atoms with Gasteiger partial charge in [-0.3, -0.25) is 9.98 Å². The molecule has 1 heterocycles. The summed E-state index contributed by atoms with van der Waals surface area (Å²) in [5, 5.41) is 23.3. The molecule has 1 saturated heterocycles. The average Bonchev–Trinajstić information content (AvgIpc) is 2.90. The number of ether oxygens (including phenoxy) is 1. The van der Waals surface area contributed by atoms with E-state index >= 15 is 0 Å². The fourth-order valence-electron chi connectivity index (χ4n) is 3.30. The summed E-state index contributed by atoms with van der Waals surface area (Å²) in [6.45, 7) is 0. The molecule has 3 fully saturated rings. The Hall–Kier alpha value is -0.970. The standard InChI is InChI=1S/C10H17N4O5/c1-14(2,17)12-11-10(15)18-8-5-3-6-7(4-5)13(16)19-9(6)8/h5-9,12H,3-4H2,1-2H3,(H,11,15)/q-1. The van der Waals surface area contributed by atoms with Crippen LogP contribution in [0.25, 0.3) is 0 Å². The van der Waals surface area contributed by atoms with Gasteiger partial charge in [0.1, 0.15) is 12.2 Å². The van der Waals surface area contributed by atoms with Gasteiger partial charge in [0.05, 0.1) is 14.1 Å². The van der Waals surface area contributed by atoms with E-state index in [2.05, 4.69) is 11.0 Å². The number of rotatable bonds is 3. The predicted molar refractivity (Wildman–Crippen MR) is 62.1 cm³/mol. The summed E-state index contributed by atoms with van der Waals surface area (Å²) in [5.74, 6) is 0.319. The Morgan fingerprint density at radius 2 is 2.21 bits per heavy atom. The van der Waals surface area contributed by atoms with Crippen molar-refractivity contribution in [3.8, 4) is 0 Å². The van der Waals surface area contributed by atoms with E-state index in [0.717, 1.165) is 6.42 Å². The van der Waals surface area contributed by atoms with Gasteiger partial charge in [-0.1, -0.05) is 5.53 Å². The second kappa shape index (κ2) is 4.27. The summed E-state index contributed by atoms with van der Waals surface area (Å²) in [7, 11) is 2.63. The fraction of sp³-hybridized carbons (Fsp3) is 0.900. The molecule has 2 N–H and O–H groups in total. The van der Waals surface area contributed by atoms with Crippen molar-refractivity contribution >= 4 is 6.09 Å². The highest BCUT2D eigenvalue weighted by atomic mass is 16.9. The van der Waals surface area contributed by atoms with Crippen molar-refractivity contribution in [3.05, 3.63) is 10.4 Å². The lowest BCUT2D eigenvalue weighted by molar-refractivity contribution is -0.891. The van der Waals surface area contributed by atoms with Crippen LogP contribution in [0.2, 0.25) is 0 Å². The largest absolute Gasteiger partial charge is 0.762 e. The van der Waals surface area contributed by atoms with Gasteiger partial charge in [0.2, 0.25) is 0 Å². The summed E-state index contributed by atoms with van der Waals surface area (Å²) >= 11 is 0. The number of hydrogen-bond donors (Lipinski definition) is 2. The molecule has 1 amide bonds. The molecule has 9 heteroatoms. The lowest BCUT2D eigenvalue weighted by atomic mass is 9.92. The van der Waals surface area contributed by atoms with E-state index in [1.54, 1.807) is 0 Å². The van der Waals surface area contributed by atoms with Gasteiger partial charge in [-0.05, 0) is 12.8 Å². The van der Waals surface area contributed by atoms with Crippen LogP contribution in [-0.2, 0) is 9.57 Å². The van der Waals surface area contributed by atoms with Crippen molar-refractivity contribution in [2.75, 3.05) is 14.1 Å². The molecule has 3 rings (SSSR count). The van der Waals surface area contributed by atoms with E-state index < -0.39 is 17.0 Å². The number of amides is 1. The molecular weight excluding hydrogens is 256 g/mol. The number of fused-ring (bicyclic) bond motifs is 1. The van der Waals surface area contributed by atoms with Crippen LogP contribution in [0.15, 0.2) is 0 Å². The summed E-state index contributed by atoms with van der Waals surface area (Å²) in [4.78, 5) is 16.8. The first-order valence-corrected chi connectivity index (χ1v) is 6.27. The minimum absolute atomic E-state index is 0.0896. The lowest BCUT2D eigenvalue weighted by Gasteiger charge is -2.32. The first-order chi connectivity index (χ1) is 8.85. The van der Waals surface area contributed by atoms with Gasteiger partial charge >= 0.3 is 6.09 Å². The quantitative estimate of drug-likeness (QED) is 0.531. The molecule has 2 aliphatic carbocycles. The van der Waals surface area contributed by atoms with Crippen LogP contribution in [0, 0.1) is 22.3 Å². The monoisotopic (exact) mass is 273 g/mol. The first kappa shape index (κ1) is 13.0. The molecule has 1 aliphatic heterocycles. The Labute approximate surface area is 110 Å². The summed E-state index contributed by atoms with van der Waals surface area (Å²) < 4.78 is 4.39. The van der Waals surface area contributed by atoms with Crippen LogP contribution in [-0.4, -0.2) is 48.4 Å². The molecule has 0 radical (unpaired) electrons. The minimum Gasteiger partial charge on any atom is -0.762 e. The van der Waals surface area contributed by atoms with Crippen molar-refractivity contribution in [1.29, 1.82) is 0 Å². The maximum absolute atomic E-state index is 11.6. The molecule has 3 aliphatic rings. The van der Waals surface area contributed by atoms with E-state index in [0.29, 0.717) is 11.6 Å². The Bertz CT molecular complexity index is 387. The molecule has 19 heavy (non-hydrogen) atoms. The molecule has 9 nitrogen and oxygen atoms in total. The number of nitrogens with zero attached hydrogens (tertiary/aromatic N) is 2. The van der Waals surface area contributed by atoms with Gasteiger partial charge in [-0.25, -0.2) is 10.2 Å². The van der Waals surface area contributed by atoms with Gasteiger partial charge in [-0.2, -0.15) is 0 Å². The highest BCUT2D eigenvalue weighted by molar-refractivity contribution is 5.66. The Morgan fingerprint density at radius 3 is 2.89 bits per heavy atom. The van der Waals surface area contributed by atoms with Crippen molar-refractivity contribution in [2.24, 2.45) is 11.8 Å². The zero-order valence-corrected chi connectivity index (χ0v) is 10.7. The second-order valence-electron chi connectivity index (χ2n) is 5.78. The topological polar surface area (TPSA) is 109 Å². The van der Waals surface area contributed by atoms with Crippen LogP contribution in [0.1, 0.15) is 12.8 Å². The molecule has 0 aromatic carbocycles. The first-order valence-electron chi connectivity index (χ1n) is 6.27. The molecule has 2 bridgehead atoms. The van der Waals surface area contributed by atoms with Crippen molar-refractivity contribution in [3.63, 3.8) is 0 Å². The third-order valence-electron chi connectivity index (χ3n) is 3.99. The average molecular weight is 273 g/mol. The molecule has 108 valence electrons. The molecule has 0 aromatic rings. The Balaban J connectivity index is 1.56. The molecule has 0 spiro atoms. The zero-order valence-electron chi connectivity index (χ0n) is 10.7. The van der Waals surface area contributed by atoms with Crippen molar-refractivity contribution in [1.82, 2.24) is 16.2 Å². The van der Waals surface area contributed by atoms with Gasteiger partial charge < -0.3 is 20.0 Å². The summed E-state index contributed by atoms with van der Waals surface area (Å²) in [5.41, 5.74) is 4.42. The molecule has 5 atom stereocenters. The van der Waals surface area contributed by atoms with Crippen LogP contribution in [0.3, 0.4) is 0 Å². The number of carbonyl (C=O) groups excluding carboxylic acids is 1. The molecule has 2 saturated carbocycles. The van der Waals surface area contributed by atoms with Gasteiger partial charge in [-0.15, -0.1) is 0 Å². The van der Waals surface area contributed by atoms with E-state index in [1.165, 1.54) is 14.1 Å². The number of carbonyl (C=O) groups is 1. The van der Waals surface area contributed by atoms with Crippen LogP contribution in [0.4, 0.5) is 4.79 Å². The van der Waals surface area contributed by atoms with E-state index in [4.69, 9.17) is 9.57 Å². The Morgan fingerprint density at radius 1 is 1.47 bits per heavy atom. The SMILES string of the molecule is C[N+](C)([O-])NNC(=O)OC1C2CC3C1ON([O-])C3C2. The maximum Gasteiger partial charge on any atom is 0.425 e. The van der Waals surface area contributed by atoms with Crippen LogP contribution >= 0.6 is 0 Å². The predicted octanol–water partition coefficient (Wildman–Crippen LogP) is -0.403. The molecule has 0 aromatic heterocycles. The highest BCUT2D eigenvalue weighted by Crippen LogP contribution is 2.53. The van der Waals surface area contributed by atoms with Gasteiger partial charge in [0.15, 0.2) is 0 Å². The summed E-state index contributed by atoms with van der Waals surface area (Å²) in [6.07, 6.45) is 0.0527. The maximum atomic E-state index is 11.6. The van der Waals surface area contributed by atoms with Crippen LogP contribution in [0.5, 0.6) is 0 Å². The number of quaternary nitrogens is 1. The lowest BCUT2D eigenvalue weighted by Crippen LogP contribution is -2.56. The minimum atomic E-state index is -0.873. The second-order valence-corrected chi connectivity index (χ2v) is 5.78.